The zero-order valence-electron chi connectivity index (χ0n) is 16.4. The first kappa shape index (κ1) is 23.3. The third-order valence-electron chi connectivity index (χ3n) is 4.00. The molecule has 1 radical (unpaired) electrons. The van der Waals surface area contributed by atoms with Crippen LogP contribution in [0.5, 0.6) is 11.8 Å². The van der Waals surface area contributed by atoms with Crippen LogP contribution >= 0.6 is 0 Å². The maximum atomic E-state index is 10.7. The summed E-state index contributed by atoms with van der Waals surface area (Å²) in [6.07, 6.45) is 0. The van der Waals surface area contributed by atoms with Crippen LogP contribution in [0.25, 0.3) is 11.3 Å². The van der Waals surface area contributed by atoms with Crippen LogP contribution in [-0.4, -0.2) is 28.9 Å². The Labute approximate surface area is 214 Å². The minimum atomic E-state index is -2.39. The average molecular weight is 562 g/mol. The van der Waals surface area contributed by atoms with E-state index in [1.54, 1.807) is 24.3 Å². The summed E-state index contributed by atoms with van der Waals surface area (Å²) in [6, 6.07) is 19.9. The van der Waals surface area contributed by atoms with Gasteiger partial charge in [0.25, 0.3) is 0 Å². The van der Waals surface area contributed by atoms with Crippen LogP contribution in [0.4, 0.5) is 17.3 Å². The molecule has 0 spiro atoms. The van der Waals surface area contributed by atoms with Crippen molar-refractivity contribution < 1.29 is 54.8 Å². The van der Waals surface area contributed by atoms with Gasteiger partial charge in [0.1, 0.15) is 11.6 Å². The van der Waals surface area contributed by atoms with Crippen LogP contribution in [0, 0.1) is 48.2 Å². The molecule has 0 aliphatic carbocycles. The fraction of sp³-hybridized carbons (Fsp3) is 0.0500. The molecule has 0 aliphatic heterocycles. The number of benzene rings is 2. The van der Waals surface area contributed by atoms with E-state index in [-0.39, 0.29) is 47.3 Å². The molecule has 155 valence electrons. The first-order chi connectivity index (χ1) is 14.5. The molecular weight excluding hydrogens is 545 g/mol. The Kier molecular flexibility index (Phi) is 8.08. The van der Waals surface area contributed by atoms with Gasteiger partial charge in [-0.05, 0) is 31.2 Å². The Morgan fingerprint density at radius 2 is 1.74 bits per heavy atom. The van der Waals surface area contributed by atoms with E-state index in [1.807, 2.05) is 49.4 Å². The molecule has 1 unspecified atom stereocenters. The number of hydrogen-bond donors (Lipinski definition) is 3. The van der Waals surface area contributed by atoms with Crippen molar-refractivity contribution in [3.8, 4) is 23.0 Å². The van der Waals surface area contributed by atoms with E-state index in [1.165, 1.54) is 0 Å². The van der Waals surface area contributed by atoms with Crippen molar-refractivity contribution >= 4 is 28.6 Å². The molecular formula is C20H17N6O3PrS-. The van der Waals surface area contributed by atoms with Crippen molar-refractivity contribution in [3.05, 3.63) is 72.4 Å². The number of aromatic amines is 1. The fourth-order valence-electron chi connectivity index (χ4n) is 2.70. The Morgan fingerprint density at radius 3 is 2.39 bits per heavy atom. The molecule has 0 bridgehead atoms. The number of rotatable bonds is 7. The smallest absolute Gasteiger partial charge is 0.324 e. The molecule has 1 atom stereocenters. The number of aromatic nitrogens is 4. The largest absolute Gasteiger partial charge is 0.755 e. The summed E-state index contributed by atoms with van der Waals surface area (Å²) in [7, 11) is 0. The summed E-state index contributed by atoms with van der Waals surface area (Å²) < 4.78 is 29.5. The van der Waals surface area contributed by atoms with Crippen molar-refractivity contribution in [2.75, 3.05) is 10.0 Å². The van der Waals surface area contributed by atoms with E-state index in [0.717, 1.165) is 11.3 Å². The monoisotopic (exact) mass is 562 g/mol. The number of aryl methyl sites for hydroxylation is 1. The van der Waals surface area contributed by atoms with Gasteiger partial charge in [0.05, 0.1) is 5.69 Å². The predicted octanol–water partition coefficient (Wildman–Crippen LogP) is 3.92. The van der Waals surface area contributed by atoms with Gasteiger partial charge in [0, 0.05) is 81.6 Å². The van der Waals surface area contributed by atoms with Crippen LogP contribution in [-0.2, 0) is 11.3 Å². The quantitative estimate of drug-likeness (QED) is 0.292. The third kappa shape index (κ3) is 6.54. The second kappa shape index (κ2) is 10.8. The Bertz CT molecular complexity index is 1170. The van der Waals surface area contributed by atoms with Crippen molar-refractivity contribution in [2.24, 2.45) is 0 Å². The normalized spacial score (nSPS) is 11.3. The number of nitrogens with zero attached hydrogens (tertiary/aromatic N) is 3. The maximum absolute atomic E-state index is 10.7. The second-order valence-electron chi connectivity index (χ2n) is 6.31. The Hall–Kier alpha value is -2.40. The van der Waals surface area contributed by atoms with Crippen LogP contribution in [0.1, 0.15) is 5.69 Å². The second-order valence-corrected chi connectivity index (χ2v) is 6.98. The van der Waals surface area contributed by atoms with Gasteiger partial charge in [-0.2, -0.15) is 15.1 Å². The van der Waals surface area contributed by atoms with Crippen molar-refractivity contribution in [1.29, 1.82) is 0 Å². The number of ether oxygens (including phenoxy) is 1. The van der Waals surface area contributed by atoms with E-state index in [2.05, 4.69) is 30.2 Å². The minimum absolute atomic E-state index is 0. The molecule has 2 aromatic carbocycles. The van der Waals surface area contributed by atoms with Crippen LogP contribution in [0.15, 0.2) is 66.7 Å². The number of anilines is 3. The molecule has 0 fully saturated rings. The molecule has 11 heteroatoms. The van der Waals surface area contributed by atoms with Crippen molar-refractivity contribution in [3.63, 3.8) is 0 Å². The molecule has 0 saturated heterocycles. The van der Waals surface area contributed by atoms with Crippen molar-refractivity contribution in [2.45, 2.75) is 6.92 Å². The zero-order chi connectivity index (χ0) is 20.9. The van der Waals surface area contributed by atoms with E-state index in [4.69, 9.17) is 4.74 Å². The summed E-state index contributed by atoms with van der Waals surface area (Å²) in [6.45, 7) is 1.91. The van der Waals surface area contributed by atoms with Gasteiger partial charge >= 0.3 is 6.01 Å². The molecule has 2 heterocycles. The molecule has 2 aromatic heterocycles. The molecule has 4 aromatic rings. The van der Waals surface area contributed by atoms with Crippen LogP contribution in [0.2, 0.25) is 0 Å². The minimum Gasteiger partial charge on any atom is -0.755 e. The van der Waals surface area contributed by atoms with Gasteiger partial charge in [-0.25, -0.2) is 0 Å². The predicted molar refractivity (Wildman–Crippen MR) is 113 cm³/mol. The fourth-order valence-corrected chi connectivity index (χ4v) is 3.03. The summed E-state index contributed by atoms with van der Waals surface area (Å²) in [5, 5.41) is 10.2. The molecule has 9 nitrogen and oxygen atoms in total. The molecule has 0 amide bonds. The van der Waals surface area contributed by atoms with Crippen LogP contribution in [0.3, 0.4) is 0 Å². The topological polar surface area (TPSA) is 128 Å². The molecule has 0 saturated carbocycles. The number of hydrogen-bond acceptors (Lipinski definition) is 7. The first-order valence-electron chi connectivity index (χ1n) is 8.92. The van der Waals surface area contributed by atoms with Crippen LogP contribution < -0.4 is 14.8 Å². The Balaban J connectivity index is 0.00000272. The first-order valence-corrected chi connectivity index (χ1v) is 10.00. The number of nitrogens with one attached hydrogen (secondary N) is 3. The van der Waals surface area contributed by atoms with E-state index in [9.17, 15) is 8.76 Å². The van der Waals surface area contributed by atoms with E-state index < -0.39 is 11.3 Å². The molecule has 31 heavy (non-hydrogen) atoms. The SMILES string of the molecule is Cc1cc(Nc2cc(-c3ccccc3)nc(Oc3ccc(NS(=O)[O-])cc3)n2)n[nH]1.[Pr]. The number of H-pyrrole nitrogens is 1. The average Bonchev–Trinajstić information content (AvgIpc) is 3.14. The molecule has 3 N–H and O–H groups in total. The summed E-state index contributed by atoms with van der Waals surface area (Å²) in [5.74, 6) is 1.60. The standard InChI is InChI=1S/C20H18N6O3S.Pr/c1-13-11-19(25-24-13)22-18-12-17(14-5-3-2-4-6-14)21-20(23-18)29-16-9-7-15(8-10-16)26-30(27)28;/h2-12,26H,1H3,(H,27,28)(H2,21,22,23,24,25);/p-1. The van der Waals surface area contributed by atoms with Gasteiger partial charge in [-0.3, -0.25) is 9.31 Å². The summed E-state index contributed by atoms with van der Waals surface area (Å²) in [5.41, 5.74) is 2.92. The van der Waals surface area contributed by atoms with Gasteiger partial charge in [-0.1, -0.05) is 30.3 Å². The summed E-state index contributed by atoms with van der Waals surface area (Å²) >= 11 is -2.39. The summed E-state index contributed by atoms with van der Waals surface area (Å²) in [4.78, 5) is 8.92. The van der Waals surface area contributed by atoms with Gasteiger partial charge < -0.3 is 19.3 Å². The van der Waals surface area contributed by atoms with E-state index in [0.29, 0.717) is 28.8 Å². The zero-order valence-corrected chi connectivity index (χ0v) is 20.9. The van der Waals surface area contributed by atoms with Gasteiger partial charge in [-0.15, -0.1) is 0 Å². The van der Waals surface area contributed by atoms with Gasteiger partial charge in [0.2, 0.25) is 0 Å². The van der Waals surface area contributed by atoms with Gasteiger partial charge in [0.15, 0.2) is 5.82 Å². The van der Waals surface area contributed by atoms with Crippen molar-refractivity contribution in [1.82, 2.24) is 20.2 Å². The molecule has 0 aliphatic rings. The van der Waals surface area contributed by atoms with E-state index >= 15 is 0 Å². The molecule has 4 rings (SSSR count). The maximum Gasteiger partial charge on any atom is 0.324 e. The third-order valence-corrected chi connectivity index (χ3v) is 4.40. The Morgan fingerprint density at radius 1 is 1.00 bits per heavy atom.